The van der Waals surface area contributed by atoms with Gasteiger partial charge in [-0.3, -0.25) is 0 Å². The highest BCUT2D eigenvalue weighted by atomic mass is 15.0. The normalized spacial score (nSPS) is 13.0. The first kappa shape index (κ1) is 34.7. The van der Waals surface area contributed by atoms with Gasteiger partial charge in [0.1, 0.15) is 0 Å². The molecule has 0 saturated carbocycles. The average molecular weight is 819 g/mol. The monoisotopic (exact) mass is 818 g/mol. The number of aromatic nitrogens is 4. The molecule has 6 heterocycles. The van der Waals surface area contributed by atoms with Crippen molar-refractivity contribution in [2.24, 2.45) is 0 Å². The van der Waals surface area contributed by atoms with E-state index in [1.165, 1.54) is 142 Å². The Hall–Kier alpha value is -7.82. The lowest BCUT2D eigenvalue weighted by molar-refractivity contribution is 0.869. The summed E-state index contributed by atoms with van der Waals surface area (Å²) in [6, 6.07) is 63.4. The fraction of sp³-hybridized carbons (Fsp3) is 0.100. The molecule has 15 rings (SSSR count). The molecule has 0 spiro atoms. The van der Waals surface area contributed by atoms with Gasteiger partial charge in [-0.2, -0.15) is 0 Å². The van der Waals surface area contributed by atoms with Gasteiger partial charge < -0.3 is 17.9 Å². The molecule has 0 fully saturated rings. The van der Waals surface area contributed by atoms with Crippen molar-refractivity contribution in [2.75, 3.05) is 0 Å². The lowest BCUT2D eigenvalue weighted by atomic mass is 9.87. The van der Waals surface area contributed by atoms with Gasteiger partial charge in [-0.05, 0) is 83.6 Å². The van der Waals surface area contributed by atoms with E-state index in [4.69, 9.17) is 0 Å². The summed E-state index contributed by atoms with van der Waals surface area (Å²) in [5, 5.41) is 16.0. The van der Waals surface area contributed by atoms with Gasteiger partial charge in [-0.1, -0.05) is 137 Å². The molecule has 0 saturated heterocycles. The number of hydrogen-bond donors (Lipinski definition) is 0. The minimum Gasteiger partial charge on any atom is -0.309 e. The smallest absolute Gasteiger partial charge is 0.0620 e. The van der Waals surface area contributed by atoms with Crippen LogP contribution >= 0.6 is 0 Å². The van der Waals surface area contributed by atoms with E-state index < -0.39 is 0 Å². The number of nitrogens with zero attached hydrogens (tertiary/aromatic N) is 4. The van der Waals surface area contributed by atoms with Crippen LogP contribution in [0.2, 0.25) is 0 Å². The standard InChI is InChI=1S/C60H42N4/c1-33(2)49-55-41-25-15-23-39-54-48(32-30-46-52(54)38-22-12-14-28-44(38)62(46)36-19-9-6-10-20-36)64(57(39)41)60(55)50(34(3)4)56-42-26-16-24-40-53-47(63(58(40)42)59(49)56)31-29-45-51(53)37-21-11-13-27-43(37)61(45)35-17-7-5-8-18-35/h5-34H,1-4H3. The summed E-state index contributed by atoms with van der Waals surface area (Å²) in [5.41, 5.74) is 18.1. The van der Waals surface area contributed by atoms with Crippen molar-refractivity contribution in [1.82, 2.24) is 17.9 Å². The van der Waals surface area contributed by atoms with Crippen molar-refractivity contribution >= 4 is 120 Å². The first-order valence-corrected chi connectivity index (χ1v) is 22.9. The van der Waals surface area contributed by atoms with Gasteiger partial charge in [0.05, 0.1) is 55.2 Å². The topological polar surface area (TPSA) is 18.7 Å². The van der Waals surface area contributed by atoms with E-state index in [9.17, 15) is 0 Å². The summed E-state index contributed by atoms with van der Waals surface area (Å²) in [7, 11) is 0. The van der Waals surface area contributed by atoms with Gasteiger partial charge in [0.25, 0.3) is 0 Å². The summed E-state index contributed by atoms with van der Waals surface area (Å²) >= 11 is 0. The number of para-hydroxylation sites is 6. The lowest BCUT2D eigenvalue weighted by Crippen LogP contribution is -2.01. The van der Waals surface area contributed by atoms with E-state index in [-0.39, 0.29) is 11.8 Å². The largest absolute Gasteiger partial charge is 0.309 e. The van der Waals surface area contributed by atoms with Crippen LogP contribution in [-0.4, -0.2) is 17.9 Å². The van der Waals surface area contributed by atoms with Crippen LogP contribution in [0.15, 0.2) is 170 Å². The van der Waals surface area contributed by atoms with Gasteiger partial charge >= 0.3 is 0 Å². The number of benzene rings is 9. The maximum atomic E-state index is 2.68. The van der Waals surface area contributed by atoms with E-state index in [2.05, 4.69) is 215 Å². The van der Waals surface area contributed by atoms with Crippen LogP contribution < -0.4 is 0 Å². The molecule has 0 radical (unpaired) electrons. The first-order chi connectivity index (χ1) is 31.5. The molecule has 0 atom stereocenters. The molecule has 0 bridgehead atoms. The highest BCUT2D eigenvalue weighted by Gasteiger charge is 2.32. The third kappa shape index (κ3) is 3.98. The van der Waals surface area contributed by atoms with Crippen molar-refractivity contribution in [3.8, 4) is 11.4 Å². The minimum atomic E-state index is 0.260. The Bertz CT molecular complexity index is 4170. The van der Waals surface area contributed by atoms with E-state index in [1.807, 2.05) is 0 Å². The minimum absolute atomic E-state index is 0.260. The molecular formula is C60H42N4. The van der Waals surface area contributed by atoms with Gasteiger partial charge in [0.15, 0.2) is 0 Å². The molecule has 64 heavy (non-hydrogen) atoms. The Morgan fingerprint density at radius 3 is 1.00 bits per heavy atom. The fourth-order valence-corrected chi connectivity index (χ4v) is 12.7. The van der Waals surface area contributed by atoms with E-state index >= 15 is 0 Å². The molecular weight excluding hydrogens is 777 g/mol. The molecule has 0 N–H and O–H groups in total. The van der Waals surface area contributed by atoms with Gasteiger partial charge in [-0.25, -0.2) is 0 Å². The zero-order chi connectivity index (χ0) is 42.3. The third-order valence-electron chi connectivity index (χ3n) is 14.9. The van der Waals surface area contributed by atoms with Crippen molar-refractivity contribution in [3.63, 3.8) is 0 Å². The van der Waals surface area contributed by atoms with Crippen LogP contribution in [0.5, 0.6) is 0 Å². The Labute approximate surface area is 368 Å². The summed E-state index contributed by atoms with van der Waals surface area (Å²) in [6.07, 6.45) is 0. The van der Waals surface area contributed by atoms with Crippen molar-refractivity contribution in [3.05, 3.63) is 181 Å². The maximum absolute atomic E-state index is 2.68. The van der Waals surface area contributed by atoms with Gasteiger partial charge in [-0.15, -0.1) is 0 Å². The molecule has 9 aromatic carbocycles. The third-order valence-corrected chi connectivity index (χ3v) is 14.9. The maximum Gasteiger partial charge on any atom is 0.0620 e. The molecule has 0 aliphatic rings. The summed E-state index contributed by atoms with van der Waals surface area (Å²) in [4.78, 5) is 0. The Kier molecular flexibility index (Phi) is 6.51. The zero-order valence-corrected chi connectivity index (χ0v) is 36.1. The Balaban J connectivity index is 1.16. The molecule has 0 unspecified atom stereocenters. The average Bonchev–Trinajstić information content (AvgIpc) is 4.16. The number of fused-ring (bicyclic) bond motifs is 20. The second-order valence-corrected chi connectivity index (χ2v) is 18.7. The quantitative estimate of drug-likeness (QED) is 0.168. The zero-order valence-electron chi connectivity index (χ0n) is 36.1. The second-order valence-electron chi connectivity index (χ2n) is 18.7. The number of hydrogen-bond acceptors (Lipinski definition) is 0. The highest BCUT2D eigenvalue weighted by molar-refractivity contribution is 6.37. The Morgan fingerprint density at radius 1 is 0.266 bits per heavy atom. The van der Waals surface area contributed by atoms with Crippen LogP contribution in [0.1, 0.15) is 50.7 Å². The molecule has 302 valence electrons. The molecule has 6 aromatic heterocycles. The summed E-state index contributed by atoms with van der Waals surface area (Å²) in [6.45, 7) is 9.65. The van der Waals surface area contributed by atoms with Crippen LogP contribution in [0.3, 0.4) is 0 Å². The molecule has 0 aliphatic heterocycles. The van der Waals surface area contributed by atoms with Gasteiger partial charge in [0.2, 0.25) is 0 Å². The van der Waals surface area contributed by atoms with Crippen molar-refractivity contribution < 1.29 is 0 Å². The SMILES string of the molecule is CC(C)c1c2c3cccc4c5c6c7ccccc7n(-c7ccccc7)c6ccc5n(c2c(C(C)C)c2c5cccc6c7c8c9ccccc9n(-c9ccccc9)c8ccc7n(c12)c56)c34. The predicted molar refractivity (Wildman–Crippen MR) is 273 cm³/mol. The highest BCUT2D eigenvalue weighted by Crippen LogP contribution is 2.54. The van der Waals surface area contributed by atoms with Crippen molar-refractivity contribution in [2.45, 2.75) is 39.5 Å². The first-order valence-electron chi connectivity index (χ1n) is 22.9. The molecule has 4 nitrogen and oxygen atoms in total. The van der Waals surface area contributed by atoms with E-state index in [0.717, 1.165) is 0 Å². The van der Waals surface area contributed by atoms with E-state index in [1.54, 1.807) is 0 Å². The second kappa shape index (κ2) is 12.0. The van der Waals surface area contributed by atoms with Gasteiger partial charge in [0, 0.05) is 76.0 Å². The van der Waals surface area contributed by atoms with Crippen LogP contribution in [-0.2, 0) is 0 Å². The molecule has 4 heteroatoms. The lowest BCUT2D eigenvalue weighted by Gasteiger charge is -2.19. The predicted octanol–water partition coefficient (Wildman–Crippen LogP) is 16.4. The van der Waals surface area contributed by atoms with E-state index in [0.29, 0.717) is 0 Å². The molecule has 15 aromatic rings. The van der Waals surface area contributed by atoms with Crippen LogP contribution in [0.4, 0.5) is 0 Å². The van der Waals surface area contributed by atoms with Crippen molar-refractivity contribution in [1.29, 1.82) is 0 Å². The number of rotatable bonds is 4. The fourth-order valence-electron chi connectivity index (χ4n) is 12.7. The Morgan fingerprint density at radius 2 is 0.594 bits per heavy atom. The van der Waals surface area contributed by atoms with Crippen LogP contribution in [0.25, 0.3) is 131 Å². The summed E-state index contributed by atoms with van der Waals surface area (Å²) in [5.74, 6) is 0.520. The molecule has 0 aliphatic carbocycles. The van der Waals surface area contributed by atoms with Crippen LogP contribution in [0, 0.1) is 0 Å². The summed E-state index contributed by atoms with van der Waals surface area (Å²) < 4.78 is 10.3. The molecule has 0 amide bonds.